The minimum absolute atomic E-state index is 0.256. The van der Waals surface area contributed by atoms with Gasteiger partial charge in [0.15, 0.2) is 0 Å². The van der Waals surface area contributed by atoms with Gasteiger partial charge in [-0.2, -0.15) is 4.52 Å². The van der Waals surface area contributed by atoms with Gasteiger partial charge in [0.2, 0.25) is 8.96 Å². The summed E-state index contributed by atoms with van der Waals surface area (Å²) < 4.78 is 23.3. The Morgan fingerprint density at radius 2 is 0.935 bits per heavy atom. The van der Waals surface area contributed by atoms with E-state index in [1.807, 2.05) is 96.1 Å². The minimum atomic E-state index is -3.18. The first-order chi connectivity index (χ1) is 14.7. The van der Waals surface area contributed by atoms with E-state index in [0.717, 1.165) is 39.1 Å². The van der Waals surface area contributed by atoms with Crippen molar-refractivity contribution in [1.82, 2.24) is 0 Å². The van der Waals surface area contributed by atoms with Crippen LogP contribution < -0.4 is 19.1 Å². The molecule has 0 amide bonds. The third-order valence-electron chi connectivity index (χ3n) is 5.00. The minimum Gasteiger partial charge on any atom is -0.453 e. The lowest BCUT2D eigenvalue weighted by Crippen LogP contribution is -2.12. The summed E-state index contributed by atoms with van der Waals surface area (Å²) in [4.78, 5) is 0. The van der Waals surface area contributed by atoms with Crippen molar-refractivity contribution in [2.24, 2.45) is 10.0 Å². The largest absolute Gasteiger partial charge is 0.453 e. The average Bonchev–Trinajstić information content (AvgIpc) is 2.70. The zero-order valence-corrected chi connectivity index (χ0v) is 20.8. The third kappa shape index (κ3) is 5.68. The van der Waals surface area contributed by atoms with Crippen molar-refractivity contribution in [3.63, 3.8) is 0 Å². The highest BCUT2D eigenvalue weighted by Crippen LogP contribution is 2.51. The molecule has 0 aliphatic carbocycles. The first-order valence-electron chi connectivity index (χ1n) is 10.1. The molecule has 0 spiro atoms. The zero-order valence-electron chi connectivity index (χ0n) is 18.9. The molecule has 31 heavy (non-hydrogen) atoms. The summed E-state index contributed by atoms with van der Waals surface area (Å²) in [7, 11) is -3.43. The number of aryl methyl sites for hydroxylation is 6. The molecule has 0 aliphatic heterocycles. The fourth-order valence-corrected chi connectivity index (χ4v) is 5.79. The lowest BCUT2D eigenvalue weighted by atomic mass is 10.1. The summed E-state index contributed by atoms with van der Waals surface area (Å²) in [6.45, 7) is 12.0. The number of rotatable bonds is 7. The Morgan fingerprint density at radius 1 is 0.613 bits per heavy atom. The van der Waals surface area contributed by atoms with Gasteiger partial charge in [-0.15, -0.1) is 0 Å². The van der Waals surface area contributed by atoms with E-state index >= 15 is 0 Å². The van der Waals surface area contributed by atoms with Crippen molar-refractivity contribution in [3.05, 3.63) is 88.0 Å². The van der Waals surface area contributed by atoms with Crippen LogP contribution in [-0.4, -0.2) is 0 Å². The molecule has 7 heteroatoms. The number of hydrogen-bond acceptors (Lipinski definition) is 4. The second-order valence-electron chi connectivity index (χ2n) is 7.70. The lowest BCUT2D eigenvalue weighted by molar-refractivity contribution is 0.469. The van der Waals surface area contributed by atoms with Crippen molar-refractivity contribution in [2.75, 3.05) is 0 Å². The molecule has 0 bridgehead atoms. The molecule has 0 saturated heterocycles. The van der Waals surface area contributed by atoms with Crippen LogP contribution in [-0.2, 0) is 0 Å². The van der Waals surface area contributed by atoms with Gasteiger partial charge < -0.3 is 13.6 Å². The van der Waals surface area contributed by atoms with Gasteiger partial charge in [0, 0.05) is 0 Å². The summed E-state index contributed by atoms with van der Waals surface area (Å²) in [6, 6.07) is 18.0. The van der Waals surface area contributed by atoms with E-state index in [1.165, 1.54) is 0 Å². The normalized spacial score (nSPS) is 11.6. The highest BCUT2D eigenvalue weighted by Gasteiger charge is 2.24. The Hall–Kier alpha value is -2.32. The van der Waals surface area contributed by atoms with Crippen LogP contribution in [0.5, 0.6) is 17.2 Å². The Labute approximate surface area is 187 Å². The zero-order chi connectivity index (χ0) is 22.6. The van der Waals surface area contributed by atoms with Crippen molar-refractivity contribution < 1.29 is 13.6 Å². The van der Waals surface area contributed by atoms with E-state index < -0.39 is 7.66 Å². The van der Waals surface area contributed by atoms with Crippen LogP contribution in [0.1, 0.15) is 33.4 Å². The Balaban J connectivity index is 1.98. The molecule has 164 valence electrons. The Morgan fingerprint density at radius 3 is 1.29 bits per heavy atom. The number of para-hydroxylation sites is 3. The number of nitrogens with two attached hydrogens (primary N) is 1. The van der Waals surface area contributed by atoms with Gasteiger partial charge in [-0.05, 0) is 74.9 Å². The summed E-state index contributed by atoms with van der Waals surface area (Å²) in [5.74, 6) is 2.21. The van der Waals surface area contributed by atoms with Gasteiger partial charge in [-0.3, -0.25) is 0 Å². The molecular formula is C24H30N2O3P2. The fourth-order valence-electron chi connectivity index (χ4n) is 3.29. The standard InChI is InChI=1S/C24H30N2O3P2/c1-16-10-7-11-17(2)22(16)27-30-26-31(25,28-23-18(3)12-8-13-19(23)4)29-24-20(5)14-9-15-21(24)6/h7-15,30H,25H2,1-6H3. The molecular weight excluding hydrogens is 426 g/mol. The van der Waals surface area contributed by atoms with Crippen molar-refractivity contribution in [3.8, 4) is 17.2 Å². The van der Waals surface area contributed by atoms with Crippen molar-refractivity contribution in [1.29, 1.82) is 0 Å². The predicted molar refractivity (Wildman–Crippen MR) is 131 cm³/mol. The summed E-state index contributed by atoms with van der Waals surface area (Å²) in [5, 5.41) is 0. The van der Waals surface area contributed by atoms with Crippen LogP contribution in [0.15, 0.2) is 59.1 Å². The fraction of sp³-hybridized carbons (Fsp3) is 0.250. The average molecular weight is 456 g/mol. The first kappa shape index (κ1) is 23.3. The van der Waals surface area contributed by atoms with Crippen LogP contribution in [0.2, 0.25) is 0 Å². The van der Waals surface area contributed by atoms with E-state index in [9.17, 15) is 0 Å². The Kier molecular flexibility index (Phi) is 7.43. The van der Waals surface area contributed by atoms with Gasteiger partial charge in [0.05, 0.1) is 0 Å². The molecule has 5 nitrogen and oxygen atoms in total. The highest BCUT2D eigenvalue weighted by molar-refractivity contribution is 7.59. The molecule has 0 radical (unpaired) electrons. The first-order valence-corrected chi connectivity index (χ1v) is 12.6. The van der Waals surface area contributed by atoms with E-state index in [0.29, 0.717) is 11.5 Å². The molecule has 0 aromatic heterocycles. The molecule has 3 aromatic rings. The van der Waals surface area contributed by atoms with Crippen molar-refractivity contribution >= 4 is 16.6 Å². The second-order valence-corrected chi connectivity index (χ2v) is 10.4. The number of nitrogens with zero attached hydrogens (tertiary/aromatic N) is 1. The van der Waals surface area contributed by atoms with Crippen LogP contribution in [0.3, 0.4) is 0 Å². The topological polar surface area (TPSA) is 66.1 Å². The van der Waals surface area contributed by atoms with Gasteiger partial charge in [0.1, 0.15) is 17.2 Å². The van der Waals surface area contributed by atoms with E-state index in [-0.39, 0.29) is 8.96 Å². The SMILES string of the molecule is Cc1cccc(C)c1OPN=P(N)(Oc1c(C)cccc1C)Oc1c(C)cccc1C. The highest BCUT2D eigenvalue weighted by atomic mass is 31.2. The summed E-state index contributed by atoms with van der Waals surface area (Å²) >= 11 is 0. The van der Waals surface area contributed by atoms with Crippen LogP contribution >= 0.6 is 16.6 Å². The third-order valence-corrected chi connectivity index (χ3v) is 7.62. The maximum atomic E-state index is 6.70. The van der Waals surface area contributed by atoms with Crippen molar-refractivity contribution in [2.45, 2.75) is 41.5 Å². The maximum absolute atomic E-state index is 6.70. The monoisotopic (exact) mass is 456 g/mol. The predicted octanol–water partition coefficient (Wildman–Crippen LogP) is 7.49. The molecule has 1 atom stereocenters. The van der Waals surface area contributed by atoms with Gasteiger partial charge in [-0.1, -0.05) is 54.6 Å². The summed E-state index contributed by atoms with van der Waals surface area (Å²) in [6.07, 6.45) is 0. The lowest BCUT2D eigenvalue weighted by Gasteiger charge is -2.24. The van der Waals surface area contributed by atoms with Crippen LogP contribution in [0.4, 0.5) is 0 Å². The molecule has 1 unspecified atom stereocenters. The van der Waals surface area contributed by atoms with Gasteiger partial charge >= 0.3 is 7.66 Å². The van der Waals surface area contributed by atoms with Crippen LogP contribution in [0, 0.1) is 41.5 Å². The molecule has 3 aromatic carbocycles. The molecule has 2 N–H and O–H groups in total. The van der Waals surface area contributed by atoms with Gasteiger partial charge in [0.25, 0.3) is 0 Å². The maximum Gasteiger partial charge on any atom is 0.398 e. The van der Waals surface area contributed by atoms with Crippen LogP contribution in [0.25, 0.3) is 0 Å². The quantitative estimate of drug-likeness (QED) is 0.374. The molecule has 0 saturated carbocycles. The number of benzene rings is 3. The number of hydrogen-bond donors (Lipinski definition) is 1. The smallest absolute Gasteiger partial charge is 0.398 e. The second kappa shape index (κ2) is 9.87. The molecule has 3 rings (SSSR count). The summed E-state index contributed by atoms with van der Waals surface area (Å²) in [5.41, 5.74) is 12.7. The van der Waals surface area contributed by atoms with E-state index in [2.05, 4.69) is 4.52 Å². The molecule has 0 fully saturated rings. The van der Waals surface area contributed by atoms with Gasteiger partial charge in [-0.25, -0.2) is 5.50 Å². The molecule has 0 aliphatic rings. The van der Waals surface area contributed by atoms with E-state index in [1.54, 1.807) is 0 Å². The van der Waals surface area contributed by atoms with E-state index in [4.69, 9.17) is 19.1 Å². The molecule has 0 heterocycles. The Bertz CT molecular complexity index is 1030.